The van der Waals surface area contributed by atoms with Crippen molar-refractivity contribution < 1.29 is 15.2 Å². The third kappa shape index (κ3) is 4.67. The van der Waals surface area contributed by atoms with Crippen molar-refractivity contribution in [1.82, 2.24) is 0 Å². The fourth-order valence-corrected chi connectivity index (χ4v) is 2.82. The van der Waals surface area contributed by atoms with Crippen LogP contribution in [-0.2, 0) is 18.0 Å². The number of rotatable bonds is 6. The lowest BCUT2D eigenvalue weighted by atomic mass is 10.0. The Hall–Kier alpha value is -2.66. The third-order valence-corrected chi connectivity index (χ3v) is 4.36. The normalized spacial score (nSPS) is 11.7. The van der Waals surface area contributed by atoms with Crippen molar-refractivity contribution in [3.05, 3.63) is 68.8 Å². The Morgan fingerprint density at radius 2 is 1.12 bits per heavy atom. The molecule has 2 aromatic carbocycles. The summed E-state index contributed by atoms with van der Waals surface area (Å²) in [6.07, 6.45) is 2.87. The lowest BCUT2D eigenvalue weighted by molar-refractivity contribution is 0.106. The van der Waals surface area contributed by atoms with Crippen molar-refractivity contribution in [1.29, 1.82) is 0 Å². The maximum absolute atomic E-state index is 8.76. The van der Waals surface area contributed by atoms with Crippen LogP contribution >= 0.6 is 0 Å². The monoisotopic (exact) mass is 340 g/mol. The molecule has 0 unspecified atom stereocenters. The fraction of sp³-hybridized carbons (Fsp3) is 0.300. The van der Waals surface area contributed by atoms with Crippen molar-refractivity contribution in [3.8, 4) is 0 Å². The van der Waals surface area contributed by atoms with Gasteiger partial charge in [0.2, 0.25) is 0 Å². The summed E-state index contributed by atoms with van der Waals surface area (Å²) in [6, 6.07) is 8.08. The van der Waals surface area contributed by atoms with Gasteiger partial charge in [0.1, 0.15) is 0 Å². The molecular weight excluding hydrogens is 316 g/mol. The minimum Gasteiger partial charge on any atom is -0.411 e. The average molecular weight is 340 g/mol. The van der Waals surface area contributed by atoms with Gasteiger partial charge >= 0.3 is 0 Å². The zero-order valence-electron chi connectivity index (χ0n) is 15.1. The second-order valence-electron chi connectivity index (χ2n) is 6.25. The molecule has 0 heterocycles. The zero-order chi connectivity index (χ0) is 18.4. The molecule has 0 amide bonds. The lowest BCUT2D eigenvalue weighted by Crippen LogP contribution is -2.02. The minimum atomic E-state index is 0.467. The molecule has 0 radical (unpaired) electrons. The number of hydrogen-bond donors (Lipinski definition) is 2. The maximum Gasteiger partial charge on any atom is 0.0736 e. The van der Waals surface area contributed by atoms with E-state index < -0.39 is 0 Å². The predicted octanol–water partition coefficient (Wildman–Crippen LogP) is 4.25. The molecule has 2 rings (SSSR count). The van der Waals surface area contributed by atoms with Crippen LogP contribution < -0.4 is 0 Å². The van der Waals surface area contributed by atoms with Crippen LogP contribution in [0.2, 0.25) is 0 Å². The van der Waals surface area contributed by atoms with Crippen LogP contribution in [0.25, 0.3) is 0 Å². The number of aryl methyl sites for hydroxylation is 4. The van der Waals surface area contributed by atoms with Gasteiger partial charge in [-0.2, -0.15) is 0 Å². The number of ether oxygens (including phenoxy) is 1. The van der Waals surface area contributed by atoms with Gasteiger partial charge < -0.3 is 15.2 Å². The van der Waals surface area contributed by atoms with Crippen molar-refractivity contribution >= 4 is 12.4 Å². The topological polar surface area (TPSA) is 74.4 Å². The second-order valence-corrected chi connectivity index (χ2v) is 6.25. The third-order valence-electron chi connectivity index (χ3n) is 4.36. The van der Waals surface area contributed by atoms with E-state index in [4.69, 9.17) is 15.2 Å². The van der Waals surface area contributed by atoms with E-state index in [-0.39, 0.29) is 0 Å². The van der Waals surface area contributed by atoms with E-state index >= 15 is 0 Å². The minimum absolute atomic E-state index is 0.467. The number of nitrogens with zero attached hydrogens (tertiary/aromatic N) is 2. The van der Waals surface area contributed by atoms with E-state index in [9.17, 15) is 0 Å². The number of hydrogen-bond acceptors (Lipinski definition) is 5. The number of oxime groups is 2. The van der Waals surface area contributed by atoms with Crippen LogP contribution in [0.5, 0.6) is 0 Å². The number of benzene rings is 2. The molecule has 0 aliphatic heterocycles. The van der Waals surface area contributed by atoms with Crippen molar-refractivity contribution in [2.24, 2.45) is 10.3 Å². The molecule has 5 nitrogen and oxygen atoms in total. The van der Waals surface area contributed by atoms with Gasteiger partial charge in [0, 0.05) is 0 Å². The Labute approximate surface area is 148 Å². The Balaban J connectivity index is 2.13. The van der Waals surface area contributed by atoms with E-state index in [1.54, 1.807) is 0 Å². The van der Waals surface area contributed by atoms with Gasteiger partial charge in [-0.05, 0) is 84.3 Å². The molecule has 0 bridgehead atoms. The Morgan fingerprint density at radius 1 is 0.720 bits per heavy atom. The van der Waals surface area contributed by atoms with E-state index in [0.29, 0.717) is 13.2 Å². The van der Waals surface area contributed by atoms with Crippen LogP contribution in [-0.4, -0.2) is 22.8 Å². The molecule has 2 aromatic rings. The van der Waals surface area contributed by atoms with Gasteiger partial charge in [0.05, 0.1) is 25.6 Å². The molecule has 0 aliphatic rings. The first-order valence-electron chi connectivity index (χ1n) is 8.09. The zero-order valence-corrected chi connectivity index (χ0v) is 15.1. The highest BCUT2D eigenvalue weighted by molar-refractivity contribution is 5.82. The smallest absolute Gasteiger partial charge is 0.0736 e. The average Bonchev–Trinajstić information content (AvgIpc) is 2.56. The Morgan fingerprint density at radius 3 is 1.48 bits per heavy atom. The molecule has 0 aliphatic carbocycles. The maximum atomic E-state index is 8.76. The molecule has 132 valence electrons. The molecule has 0 fully saturated rings. The lowest BCUT2D eigenvalue weighted by Gasteiger charge is -2.13. The second kappa shape index (κ2) is 8.44. The standard InChI is InChI=1S/C20H24N2O3/c1-13-5-15(3)19(7-17(13)9-21-23)11-25-12-20-8-18(10-22-24)14(2)6-16(20)4/h5-10,23-24H,11-12H2,1-4H3. The van der Waals surface area contributed by atoms with Crippen molar-refractivity contribution in [2.75, 3.05) is 0 Å². The Kier molecular flexibility index (Phi) is 6.31. The quantitative estimate of drug-likeness (QED) is 0.469. The highest BCUT2D eigenvalue weighted by Gasteiger charge is 2.07. The summed E-state index contributed by atoms with van der Waals surface area (Å²) in [5.41, 5.74) is 8.26. The summed E-state index contributed by atoms with van der Waals surface area (Å²) in [4.78, 5) is 0. The molecule has 2 N–H and O–H groups in total. The molecule has 0 atom stereocenters. The van der Waals surface area contributed by atoms with Crippen molar-refractivity contribution in [2.45, 2.75) is 40.9 Å². The molecule has 0 saturated carbocycles. The predicted molar refractivity (Wildman–Crippen MR) is 99.1 cm³/mol. The van der Waals surface area contributed by atoms with E-state index in [1.165, 1.54) is 12.4 Å². The van der Waals surface area contributed by atoms with Gasteiger partial charge in [-0.15, -0.1) is 0 Å². The summed E-state index contributed by atoms with van der Waals surface area (Å²) in [7, 11) is 0. The molecule has 0 aromatic heterocycles. The van der Waals surface area contributed by atoms with Gasteiger partial charge in [-0.1, -0.05) is 22.4 Å². The van der Waals surface area contributed by atoms with Crippen LogP contribution in [0.4, 0.5) is 0 Å². The van der Waals surface area contributed by atoms with Crippen LogP contribution in [0.15, 0.2) is 34.6 Å². The molecule has 5 heteroatoms. The van der Waals surface area contributed by atoms with Crippen LogP contribution in [0, 0.1) is 27.7 Å². The summed E-state index contributed by atoms with van der Waals surface area (Å²) in [6.45, 7) is 8.98. The molecular formula is C20H24N2O3. The van der Waals surface area contributed by atoms with Gasteiger partial charge in [0.15, 0.2) is 0 Å². The van der Waals surface area contributed by atoms with Gasteiger partial charge in [-0.3, -0.25) is 0 Å². The van der Waals surface area contributed by atoms with Gasteiger partial charge in [-0.25, -0.2) is 0 Å². The highest BCUT2D eigenvalue weighted by Crippen LogP contribution is 2.19. The molecule has 0 saturated heterocycles. The summed E-state index contributed by atoms with van der Waals surface area (Å²) in [5.74, 6) is 0. The van der Waals surface area contributed by atoms with E-state index in [2.05, 4.69) is 22.4 Å². The summed E-state index contributed by atoms with van der Waals surface area (Å²) < 4.78 is 5.90. The first-order chi connectivity index (χ1) is 12.0. The first-order valence-corrected chi connectivity index (χ1v) is 8.09. The first kappa shape index (κ1) is 18.7. The van der Waals surface area contributed by atoms with Gasteiger partial charge in [0.25, 0.3) is 0 Å². The molecule has 25 heavy (non-hydrogen) atoms. The Bertz CT molecular complexity index is 744. The highest BCUT2D eigenvalue weighted by atomic mass is 16.5. The largest absolute Gasteiger partial charge is 0.411 e. The van der Waals surface area contributed by atoms with Crippen LogP contribution in [0.1, 0.15) is 44.5 Å². The SMILES string of the molecule is Cc1cc(C)c(COCc2cc(C=NO)c(C)cc2C)cc1C=NO. The summed E-state index contributed by atoms with van der Waals surface area (Å²) in [5, 5.41) is 23.8. The van der Waals surface area contributed by atoms with E-state index in [0.717, 1.165) is 44.5 Å². The summed E-state index contributed by atoms with van der Waals surface area (Å²) >= 11 is 0. The molecule has 0 spiro atoms. The van der Waals surface area contributed by atoms with Crippen LogP contribution in [0.3, 0.4) is 0 Å². The van der Waals surface area contributed by atoms with E-state index in [1.807, 2.05) is 39.8 Å². The van der Waals surface area contributed by atoms with Crippen molar-refractivity contribution in [3.63, 3.8) is 0 Å². The fourth-order valence-electron chi connectivity index (χ4n) is 2.82.